The summed E-state index contributed by atoms with van der Waals surface area (Å²) in [6.45, 7) is 0. The van der Waals surface area contributed by atoms with E-state index in [1.165, 1.54) is 0 Å². The third kappa shape index (κ3) is 2.13. The van der Waals surface area contributed by atoms with E-state index in [4.69, 9.17) is 18.0 Å². The van der Waals surface area contributed by atoms with E-state index in [9.17, 15) is 0 Å². The lowest BCUT2D eigenvalue weighted by molar-refractivity contribution is 0.824. The topological polar surface area (TPSA) is 57.5 Å². The van der Waals surface area contributed by atoms with Crippen molar-refractivity contribution < 1.29 is 5.48 Å². The van der Waals surface area contributed by atoms with Crippen LogP contribution in [0.15, 0.2) is 30.3 Å². The molecule has 0 unspecified atom stereocenters. The Morgan fingerprint density at radius 1 is 1.20 bits per heavy atom. The highest BCUT2D eigenvalue weighted by Gasteiger charge is 1.89. The Morgan fingerprint density at radius 3 is 2.00 bits per heavy atom. The summed E-state index contributed by atoms with van der Waals surface area (Å²) in [4.78, 5) is 0.454. The summed E-state index contributed by atoms with van der Waals surface area (Å²) >= 11 is 4.74. The third-order valence-electron chi connectivity index (χ3n) is 1.06. The van der Waals surface area contributed by atoms with Crippen LogP contribution in [0, 0.1) is 0 Å². The first-order chi connectivity index (χ1) is 4.30. The number of thiocarbonyl (C=S) groups is 1. The summed E-state index contributed by atoms with van der Waals surface area (Å²) in [5.74, 6) is 0. The van der Waals surface area contributed by atoms with E-state index in [-0.39, 0.29) is 5.48 Å². The molecule has 0 spiro atoms. The summed E-state index contributed by atoms with van der Waals surface area (Å²) in [7, 11) is 0. The lowest BCUT2D eigenvalue weighted by Crippen LogP contribution is -2.08. The fraction of sp³-hybridized carbons (Fsp3) is 0. The van der Waals surface area contributed by atoms with Gasteiger partial charge in [0.15, 0.2) is 0 Å². The van der Waals surface area contributed by atoms with Crippen LogP contribution in [0.4, 0.5) is 0 Å². The van der Waals surface area contributed by atoms with Gasteiger partial charge in [-0.25, -0.2) is 0 Å². The Balaban J connectivity index is 0.000000810. The Hall–Kier alpha value is -0.930. The van der Waals surface area contributed by atoms with Gasteiger partial charge in [-0.15, -0.1) is 0 Å². The zero-order chi connectivity index (χ0) is 6.69. The molecule has 0 saturated heterocycles. The van der Waals surface area contributed by atoms with Crippen molar-refractivity contribution in [3.63, 3.8) is 0 Å². The van der Waals surface area contributed by atoms with Crippen LogP contribution in [0.3, 0.4) is 0 Å². The van der Waals surface area contributed by atoms with Crippen molar-refractivity contribution >= 4 is 17.2 Å². The molecule has 0 aliphatic carbocycles. The first-order valence-corrected chi connectivity index (χ1v) is 3.06. The van der Waals surface area contributed by atoms with E-state index in [0.29, 0.717) is 4.99 Å². The van der Waals surface area contributed by atoms with Crippen LogP contribution in [0.1, 0.15) is 5.56 Å². The molecule has 0 fully saturated rings. The van der Waals surface area contributed by atoms with E-state index in [0.717, 1.165) is 5.56 Å². The predicted octanol–water partition coefficient (Wildman–Crippen LogP) is 0.496. The molecular weight excluding hydrogens is 146 g/mol. The SMILES string of the molecule is NC(=S)c1ccccc1.O. The van der Waals surface area contributed by atoms with Gasteiger partial charge in [-0.05, 0) is 0 Å². The van der Waals surface area contributed by atoms with Gasteiger partial charge in [0.05, 0.1) is 0 Å². The summed E-state index contributed by atoms with van der Waals surface area (Å²) < 4.78 is 0. The van der Waals surface area contributed by atoms with Crippen LogP contribution in [-0.4, -0.2) is 10.5 Å². The van der Waals surface area contributed by atoms with E-state index < -0.39 is 0 Å². The van der Waals surface area contributed by atoms with E-state index >= 15 is 0 Å². The molecule has 2 nitrogen and oxygen atoms in total. The van der Waals surface area contributed by atoms with Gasteiger partial charge in [-0.3, -0.25) is 0 Å². The first kappa shape index (κ1) is 9.07. The van der Waals surface area contributed by atoms with Crippen LogP contribution < -0.4 is 5.73 Å². The summed E-state index contributed by atoms with van der Waals surface area (Å²) in [6, 6.07) is 9.54. The van der Waals surface area contributed by atoms with Crippen LogP contribution in [-0.2, 0) is 0 Å². The largest absolute Gasteiger partial charge is 0.412 e. The minimum atomic E-state index is 0. The Bertz CT molecular complexity index is 210. The van der Waals surface area contributed by atoms with Crippen LogP contribution in [0.25, 0.3) is 0 Å². The minimum absolute atomic E-state index is 0. The molecule has 0 amide bonds. The van der Waals surface area contributed by atoms with E-state index in [1.807, 2.05) is 30.3 Å². The number of nitrogens with two attached hydrogens (primary N) is 1. The number of rotatable bonds is 1. The zero-order valence-corrected chi connectivity index (χ0v) is 6.19. The molecule has 1 aromatic carbocycles. The molecule has 1 aromatic rings. The normalized spacial score (nSPS) is 8.00. The van der Waals surface area contributed by atoms with Gasteiger partial charge in [0.2, 0.25) is 0 Å². The van der Waals surface area contributed by atoms with Gasteiger partial charge >= 0.3 is 0 Å². The first-order valence-electron chi connectivity index (χ1n) is 2.65. The number of hydrogen-bond donors (Lipinski definition) is 1. The third-order valence-corrected chi connectivity index (χ3v) is 1.29. The standard InChI is InChI=1S/C7H7NS.H2O/c8-7(9)6-4-2-1-3-5-6;/h1-5H,(H2,8,9);1H2. The van der Waals surface area contributed by atoms with Gasteiger partial charge in [0.1, 0.15) is 4.99 Å². The zero-order valence-electron chi connectivity index (χ0n) is 5.37. The Kier molecular flexibility index (Phi) is 3.61. The van der Waals surface area contributed by atoms with Crippen molar-refractivity contribution in [2.75, 3.05) is 0 Å². The average molecular weight is 155 g/mol. The van der Waals surface area contributed by atoms with Crippen LogP contribution in [0.2, 0.25) is 0 Å². The molecule has 10 heavy (non-hydrogen) atoms. The number of hydrogen-bond acceptors (Lipinski definition) is 1. The number of benzene rings is 1. The molecule has 1 rings (SSSR count). The quantitative estimate of drug-likeness (QED) is 0.600. The Morgan fingerprint density at radius 2 is 1.70 bits per heavy atom. The van der Waals surface area contributed by atoms with E-state index in [1.54, 1.807) is 0 Å². The van der Waals surface area contributed by atoms with Gasteiger partial charge in [0.25, 0.3) is 0 Å². The fourth-order valence-corrected chi connectivity index (χ4v) is 0.739. The minimum Gasteiger partial charge on any atom is -0.412 e. The average Bonchev–Trinajstić information content (AvgIpc) is 1.90. The van der Waals surface area contributed by atoms with Gasteiger partial charge in [-0.1, -0.05) is 42.5 Å². The Labute approximate surface area is 65.0 Å². The van der Waals surface area contributed by atoms with Crippen molar-refractivity contribution in [2.24, 2.45) is 5.73 Å². The molecule has 4 N–H and O–H groups in total. The van der Waals surface area contributed by atoms with Crippen molar-refractivity contribution in [1.29, 1.82) is 0 Å². The lowest BCUT2D eigenvalue weighted by Gasteiger charge is -1.92. The van der Waals surface area contributed by atoms with Crippen molar-refractivity contribution in [3.05, 3.63) is 35.9 Å². The second-order valence-electron chi connectivity index (χ2n) is 1.73. The highest BCUT2D eigenvalue weighted by atomic mass is 32.1. The molecule has 3 heteroatoms. The molecular formula is C7H9NOS. The molecule has 0 bridgehead atoms. The fourth-order valence-electron chi connectivity index (χ4n) is 0.602. The second-order valence-corrected chi connectivity index (χ2v) is 2.17. The molecule has 54 valence electrons. The van der Waals surface area contributed by atoms with Gasteiger partial charge in [-0.2, -0.15) is 0 Å². The molecule has 0 aliphatic rings. The second kappa shape index (κ2) is 3.98. The van der Waals surface area contributed by atoms with Gasteiger partial charge in [0, 0.05) is 5.56 Å². The lowest BCUT2D eigenvalue weighted by atomic mass is 10.2. The van der Waals surface area contributed by atoms with Crippen LogP contribution in [0.5, 0.6) is 0 Å². The molecule has 0 saturated carbocycles. The van der Waals surface area contributed by atoms with Crippen LogP contribution >= 0.6 is 12.2 Å². The van der Waals surface area contributed by atoms with Crippen molar-refractivity contribution in [3.8, 4) is 0 Å². The summed E-state index contributed by atoms with van der Waals surface area (Å²) in [5, 5.41) is 0. The summed E-state index contributed by atoms with van der Waals surface area (Å²) in [6.07, 6.45) is 0. The van der Waals surface area contributed by atoms with Gasteiger partial charge < -0.3 is 11.2 Å². The predicted molar refractivity (Wildman–Crippen MR) is 45.9 cm³/mol. The van der Waals surface area contributed by atoms with E-state index in [2.05, 4.69) is 0 Å². The summed E-state index contributed by atoms with van der Waals surface area (Å²) in [5.41, 5.74) is 6.27. The smallest absolute Gasteiger partial charge is 0.103 e. The maximum Gasteiger partial charge on any atom is 0.103 e. The highest BCUT2D eigenvalue weighted by Crippen LogP contribution is 1.96. The monoisotopic (exact) mass is 155 g/mol. The molecule has 0 radical (unpaired) electrons. The molecule has 0 heterocycles. The molecule has 0 aromatic heterocycles. The maximum atomic E-state index is 5.35. The highest BCUT2D eigenvalue weighted by molar-refractivity contribution is 7.80. The van der Waals surface area contributed by atoms with Crippen molar-refractivity contribution in [1.82, 2.24) is 0 Å². The molecule has 0 atom stereocenters. The molecule has 0 aliphatic heterocycles. The maximum absolute atomic E-state index is 5.35. The van der Waals surface area contributed by atoms with Crippen molar-refractivity contribution in [2.45, 2.75) is 0 Å².